The average molecular weight is 861 g/mol. The average Bonchev–Trinajstić information content (AvgIpc) is 3.19. The first-order valence-electron chi connectivity index (χ1n) is 25.8. The van der Waals surface area contributed by atoms with Gasteiger partial charge in [0.25, 0.3) is 0 Å². The van der Waals surface area contributed by atoms with Gasteiger partial charge in [-0.2, -0.15) is 0 Å². The number of likely N-dealkylation sites (N-methyl/N-ethyl adjacent to an activating group) is 1. The molecule has 9 heteroatoms. The predicted octanol–water partition coefficient (Wildman–Crippen LogP) is 15.6. The van der Waals surface area contributed by atoms with Crippen LogP contribution in [0.25, 0.3) is 0 Å². The fourth-order valence-electron chi connectivity index (χ4n) is 7.67. The molecule has 0 saturated carbocycles. The van der Waals surface area contributed by atoms with E-state index in [9.17, 15) is 14.3 Å². The molecule has 0 spiro atoms. The normalized spacial score (nSPS) is 13.5. The minimum absolute atomic E-state index is 0.0941. The SMILES string of the molecule is CCCCCCCCCCCCCCCCCCCCCCCCCC(=O)O[C@H](COCCCCCCCCCCCCCCCC)COP(=O)(O)OCC[N+](C)(C)C. The van der Waals surface area contributed by atoms with Crippen molar-refractivity contribution in [3.63, 3.8) is 0 Å². The van der Waals surface area contributed by atoms with E-state index >= 15 is 0 Å². The van der Waals surface area contributed by atoms with Gasteiger partial charge in [-0.15, -0.1) is 0 Å². The van der Waals surface area contributed by atoms with Crippen LogP contribution in [-0.4, -0.2) is 75.6 Å². The third kappa shape index (κ3) is 48.4. The van der Waals surface area contributed by atoms with E-state index in [0.717, 1.165) is 32.1 Å². The topological polar surface area (TPSA) is 91.3 Å². The second-order valence-corrected chi connectivity index (χ2v) is 20.4. The van der Waals surface area contributed by atoms with E-state index in [-0.39, 0.29) is 25.8 Å². The van der Waals surface area contributed by atoms with Crippen molar-refractivity contribution in [2.24, 2.45) is 0 Å². The van der Waals surface area contributed by atoms with E-state index < -0.39 is 13.9 Å². The molecule has 0 saturated heterocycles. The number of carbonyl (C=O) groups excluding carboxylic acids is 1. The molecule has 0 amide bonds. The van der Waals surface area contributed by atoms with Gasteiger partial charge in [0, 0.05) is 13.0 Å². The molecule has 0 aliphatic heterocycles. The van der Waals surface area contributed by atoms with E-state index in [1.807, 2.05) is 21.1 Å². The maximum Gasteiger partial charge on any atom is 0.472 e. The minimum atomic E-state index is -4.27. The van der Waals surface area contributed by atoms with E-state index in [4.69, 9.17) is 18.5 Å². The van der Waals surface area contributed by atoms with Crippen LogP contribution in [0.1, 0.15) is 258 Å². The van der Waals surface area contributed by atoms with E-state index in [1.165, 1.54) is 205 Å². The van der Waals surface area contributed by atoms with Gasteiger partial charge in [0.2, 0.25) is 0 Å². The van der Waals surface area contributed by atoms with Crippen LogP contribution in [0.5, 0.6) is 0 Å². The van der Waals surface area contributed by atoms with Crippen molar-refractivity contribution < 1.29 is 37.3 Å². The molecule has 0 radical (unpaired) electrons. The Labute approximate surface area is 368 Å². The standard InChI is InChI=1S/C50H102NO7P/c1-6-8-10-12-14-16-18-20-22-23-24-25-26-27-28-29-30-31-33-35-37-39-41-43-50(52)58-49(48-57-59(53,54)56-46-44-51(3,4)5)47-55-45-42-40-38-36-34-32-21-19-17-15-13-11-9-7-2/h49H,6-48H2,1-5H3/p+1/t49-/m1/s1. The van der Waals surface area contributed by atoms with Gasteiger partial charge < -0.3 is 18.9 Å². The van der Waals surface area contributed by atoms with Gasteiger partial charge in [0.1, 0.15) is 19.3 Å². The zero-order valence-electron chi connectivity index (χ0n) is 40.3. The molecule has 0 aliphatic rings. The van der Waals surface area contributed by atoms with Crippen LogP contribution in [0.4, 0.5) is 0 Å². The molecule has 0 aromatic rings. The molecule has 0 heterocycles. The van der Waals surface area contributed by atoms with Crippen molar-refractivity contribution in [3.05, 3.63) is 0 Å². The number of ether oxygens (including phenoxy) is 2. The van der Waals surface area contributed by atoms with Gasteiger partial charge in [-0.1, -0.05) is 239 Å². The van der Waals surface area contributed by atoms with Gasteiger partial charge in [0.05, 0.1) is 34.4 Å². The van der Waals surface area contributed by atoms with Crippen LogP contribution in [0, 0.1) is 0 Å². The Morgan fingerprint density at radius 1 is 0.458 bits per heavy atom. The zero-order valence-corrected chi connectivity index (χ0v) is 41.2. The lowest BCUT2D eigenvalue weighted by molar-refractivity contribution is -0.870. The third-order valence-corrected chi connectivity index (χ3v) is 12.7. The summed E-state index contributed by atoms with van der Waals surface area (Å²) >= 11 is 0. The van der Waals surface area contributed by atoms with Crippen molar-refractivity contribution in [2.75, 3.05) is 54.1 Å². The fraction of sp³-hybridized carbons (Fsp3) is 0.980. The first-order valence-corrected chi connectivity index (χ1v) is 27.3. The highest BCUT2D eigenvalue weighted by molar-refractivity contribution is 7.47. The monoisotopic (exact) mass is 861 g/mol. The van der Waals surface area contributed by atoms with Crippen LogP contribution in [0.2, 0.25) is 0 Å². The lowest BCUT2D eigenvalue weighted by atomic mass is 10.0. The summed E-state index contributed by atoms with van der Waals surface area (Å²) in [5, 5.41) is 0. The quantitative estimate of drug-likeness (QED) is 0.0282. The van der Waals surface area contributed by atoms with E-state index in [2.05, 4.69) is 13.8 Å². The Kier molecular flexibility index (Phi) is 43.7. The van der Waals surface area contributed by atoms with Crippen molar-refractivity contribution in [1.82, 2.24) is 0 Å². The first-order chi connectivity index (χ1) is 28.6. The molecule has 0 fully saturated rings. The van der Waals surface area contributed by atoms with Crippen molar-refractivity contribution in [1.29, 1.82) is 0 Å². The highest BCUT2D eigenvalue weighted by Crippen LogP contribution is 2.43. The molecule has 0 rings (SSSR count). The number of unbranched alkanes of at least 4 members (excludes halogenated alkanes) is 35. The highest BCUT2D eigenvalue weighted by Gasteiger charge is 2.26. The molecule has 354 valence electrons. The highest BCUT2D eigenvalue weighted by atomic mass is 31.2. The Morgan fingerprint density at radius 2 is 0.780 bits per heavy atom. The largest absolute Gasteiger partial charge is 0.472 e. The number of phosphoric ester groups is 1. The summed E-state index contributed by atoms with van der Waals surface area (Å²) in [6, 6.07) is 0. The number of carbonyl (C=O) groups is 1. The summed E-state index contributed by atoms with van der Waals surface area (Å²) in [6.07, 6.45) is 48.6. The Bertz CT molecular complexity index is 914. The molecule has 0 aromatic carbocycles. The lowest BCUT2D eigenvalue weighted by Crippen LogP contribution is -2.37. The summed E-state index contributed by atoms with van der Waals surface area (Å²) in [4.78, 5) is 23.0. The number of hydrogen-bond donors (Lipinski definition) is 1. The van der Waals surface area contributed by atoms with Gasteiger partial charge in [-0.3, -0.25) is 13.8 Å². The number of rotatable bonds is 49. The predicted molar refractivity (Wildman–Crippen MR) is 252 cm³/mol. The van der Waals surface area contributed by atoms with Crippen LogP contribution >= 0.6 is 7.82 Å². The van der Waals surface area contributed by atoms with Crippen molar-refractivity contribution >= 4 is 13.8 Å². The molecule has 0 aliphatic carbocycles. The first kappa shape index (κ1) is 58.5. The Hall–Kier alpha value is -0.500. The molecule has 59 heavy (non-hydrogen) atoms. The number of phosphoric acid groups is 1. The number of nitrogens with zero attached hydrogens (tertiary/aromatic N) is 1. The summed E-state index contributed by atoms with van der Waals surface area (Å²) in [5.74, 6) is -0.305. The number of quaternary nitrogens is 1. The summed E-state index contributed by atoms with van der Waals surface area (Å²) < 4.78 is 35.1. The minimum Gasteiger partial charge on any atom is -0.457 e. The fourth-order valence-corrected chi connectivity index (χ4v) is 8.42. The van der Waals surface area contributed by atoms with E-state index in [0.29, 0.717) is 24.1 Å². The molecule has 1 unspecified atom stereocenters. The Morgan fingerprint density at radius 3 is 1.12 bits per heavy atom. The van der Waals surface area contributed by atoms with Gasteiger partial charge in [0.15, 0.2) is 0 Å². The second-order valence-electron chi connectivity index (χ2n) is 18.9. The van der Waals surface area contributed by atoms with Gasteiger partial charge in [-0.05, 0) is 12.8 Å². The van der Waals surface area contributed by atoms with E-state index in [1.54, 1.807) is 0 Å². The van der Waals surface area contributed by atoms with Crippen molar-refractivity contribution in [3.8, 4) is 0 Å². The molecular weight excluding hydrogens is 758 g/mol. The lowest BCUT2D eigenvalue weighted by Gasteiger charge is -2.24. The number of hydrogen-bond acceptors (Lipinski definition) is 6. The van der Waals surface area contributed by atoms with Crippen LogP contribution in [0.15, 0.2) is 0 Å². The molecular formula is C50H103NO7P+. The summed E-state index contributed by atoms with van der Waals surface area (Å²) in [7, 11) is 1.69. The maximum atomic E-state index is 12.8. The zero-order chi connectivity index (χ0) is 43.4. The summed E-state index contributed by atoms with van der Waals surface area (Å²) in [5.41, 5.74) is 0. The van der Waals surface area contributed by atoms with Crippen molar-refractivity contribution in [2.45, 2.75) is 264 Å². The second kappa shape index (κ2) is 44.1. The molecule has 0 aromatic heterocycles. The molecule has 1 N–H and O–H groups in total. The maximum absolute atomic E-state index is 12.8. The van der Waals surface area contributed by atoms with Gasteiger partial charge >= 0.3 is 13.8 Å². The summed E-state index contributed by atoms with van der Waals surface area (Å²) in [6.45, 7) is 5.70. The molecule has 0 bridgehead atoms. The smallest absolute Gasteiger partial charge is 0.457 e. The third-order valence-electron chi connectivity index (χ3n) is 11.7. The number of esters is 1. The van der Waals surface area contributed by atoms with Gasteiger partial charge in [-0.25, -0.2) is 4.57 Å². The van der Waals surface area contributed by atoms with Crippen LogP contribution in [0.3, 0.4) is 0 Å². The Balaban J connectivity index is 4.04. The van der Waals surface area contributed by atoms with Crippen LogP contribution < -0.4 is 0 Å². The molecule has 2 atom stereocenters. The van der Waals surface area contributed by atoms with Crippen LogP contribution in [-0.2, 0) is 27.9 Å². The molecule has 8 nitrogen and oxygen atoms in total.